The molecular formula is C17H23FN2O3S. The van der Waals surface area contributed by atoms with Crippen molar-refractivity contribution < 1.29 is 17.5 Å². The maximum absolute atomic E-state index is 14.5. The fourth-order valence-corrected chi connectivity index (χ4v) is 6.04. The van der Waals surface area contributed by atoms with Crippen LogP contribution in [0.5, 0.6) is 0 Å². The van der Waals surface area contributed by atoms with Crippen LogP contribution in [0.4, 0.5) is 4.39 Å². The minimum atomic E-state index is -3.74. The summed E-state index contributed by atoms with van der Waals surface area (Å²) in [6.45, 7) is 6.70. The molecule has 0 radical (unpaired) electrons. The van der Waals surface area contributed by atoms with Crippen molar-refractivity contribution in [2.45, 2.75) is 55.3 Å². The van der Waals surface area contributed by atoms with E-state index < -0.39 is 36.8 Å². The maximum Gasteiger partial charge on any atom is 0.168 e. The van der Waals surface area contributed by atoms with Crippen molar-refractivity contribution in [2.75, 3.05) is 6.61 Å². The zero-order chi connectivity index (χ0) is 18.0. The SMILES string of the molecule is CC1(C)C[C@@H]2[C@](c3ccccc3F)(CO1)NC(=N)C(C)(C)S2(=O)=O. The van der Waals surface area contributed by atoms with Gasteiger partial charge in [-0.15, -0.1) is 0 Å². The van der Waals surface area contributed by atoms with Crippen LogP contribution in [0.15, 0.2) is 24.3 Å². The highest BCUT2D eigenvalue weighted by Gasteiger charge is 2.63. The van der Waals surface area contributed by atoms with E-state index in [4.69, 9.17) is 10.1 Å². The van der Waals surface area contributed by atoms with Gasteiger partial charge in [0, 0.05) is 5.56 Å². The third kappa shape index (κ3) is 2.21. The predicted octanol–water partition coefficient (Wildman–Crippen LogP) is 2.36. The first-order chi connectivity index (χ1) is 10.9. The van der Waals surface area contributed by atoms with Gasteiger partial charge in [-0.05, 0) is 40.2 Å². The molecule has 7 heteroatoms. The number of hydrogen-bond donors (Lipinski definition) is 2. The molecule has 2 aliphatic heterocycles. The van der Waals surface area contributed by atoms with Gasteiger partial charge in [0.15, 0.2) is 9.84 Å². The standard InChI is InChI=1S/C17H23FN2O3S/c1-15(2)9-13-17(10-23-15,11-7-5-6-8-12(11)18)20-14(19)16(3,4)24(13,21)22/h5-8,13H,9-10H2,1-4H3,(H2,19,20)/t13-,17-/m1/s1. The van der Waals surface area contributed by atoms with Gasteiger partial charge in [0.05, 0.1) is 17.5 Å². The lowest BCUT2D eigenvalue weighted by Crippen LogP contribution is -2.74. The molecule has 0 spiro atoms. The quantitative estimate of drug-likeness (QED) is 0.811. The lowest BCUT2D eigenvalue weighted by molar-refractivity contribution is -0.0919. The van der Waals surface area contributed by atoms with Crippen LogP contribution in [0.25, 0.3) is 0 Å². The van der Waals surface area contributed by atoms with Gasteiger partial charge in [-0.3, -0.25) is 5.41 Å². The zero-order valence-corrected chi connectivity index (χ0v) is 15.1. The van der Waals surface area contributed by atoms with E-state index in [1.165, 1.54) is 19.9 Å². The van der Waals surface area contributed by atoms with E-state index in [-0.39, 0.29) is 24.4 Å². The molecule has 5 nitrogen and oxygen atoms in total. The Hall–Kier alpha value is -1.47. The van der Waals surface area contributed by atoms with Crippen molar-refractivity contribution in [3.8, 4) is 0 Å². The molecule has 0 bridgehead atoms. The number of halogens is 1. The van der Waals surface area contributed by atoms with Crippen molar-refractivity contribution in [1.29, 1.82) is 5.41 Å². The monoisotopic (exact) mass is 354 g/mol. The average Bonchev–Trinajstić information content (AvgIpc) is 2.48. The number of amidine groups is 1. The van der Waals surface area contributed by atoms with E-state index in [0.29, 0.717) is 0 Å². The highest BCUT2D eigenvalue weighted by molar-refractivity contribution is 7.94. The molecule has 3 rings (SSSR count). The Labute approximate surface area is 142 Å². The fourth-order valence-electron chi connectivity index (χ4n) is 3.59. The van der Waals surface area contributed by atoms with Gasteiger partial charge in [-0.2, -0.15) is 0 Å². The van der Waals surface area contributed by atoms with Crippen LogP contribution in [0.1, 0.15) is 39.7 Å². The largest absolute Gasteiger partial charge is 0.373 e. The molecule has 2 aliphatic rings. The molecule has 1 aromatic carbocycles. The molecule has 2 atom stereocenters. The molecule has 2 N–H and O–H groups in total. The number of sulfone groups is 1. The van der Waals surface area contributed by atoms with Crippen LogP contribution in [-0.4, -0.2) is 36.5 Å². The highest BCUT2D eigenvalue weighted by atomic mass is 32.2. The van der Waals surface area contributed by atoms with E-state index in [1.54, 1.807) is 18.2 Å². The summed E-state index contributed by atoms with van der Waals surface area (Å²) in [7, 11) is -3.74. The molecule has 0 saturated carbocycles. The first kappa shape index (κ1) is 17.4. The number of fused-ring (bicyclic) bond motifs is 1. The summed E-state index contributed by atoms with van der Waals surface area (Å²) < 4.78 is 45.7. The Bertz CT molecular complexity index is 804. The second kappa shape index (κ2) is 5.02. The molecular weight excluding hydrogens is 331 g/mol. The van der Waals surface area contributed by atoms with E-state index in [9.17, 15) is 12.8 Å². The summed E-state index contributed by atoms with van der Waals surface area (Å²) in [5.74, 6) is -0.633. The van der Waals surface area contributed by atoms with E-state index in [1.807, 2.05) is 13.8 Å². The third-order valence-electron chi connectivity index (χ3n) is 5.31. The maximum atomic E-state index is 14.5. The molecule has 0 aromatic heterocycles. The van der Waals surface area contributed by atoms with Crippen LogP contribution in [-0.2, 0) is 20.1 Å². The van der Waals surface area contributed by atoms with Crippen molar-refractivity contribution >= 4 is 15.7 Å². The number of ether oxygens (including phenoxy) is 1. The van der Waals surface area contributed by atoms with E-state index in [0.717, 1.165) is 0 Å². The number of hydrogen-bond acceptors (Lipinski definition) is 4. The molecule has 2 saturated heterocycles. The molecule has 2 fully saturated rings. The van der Waals surface area contributed by atoms with E-state index >= 15 is 0 Å². The minimum Gasteiger partial charge on any atom is -0.373 e. The lowest BCUT2D eigenvalue weighted by atomic mass is 9.78. The Kier molecular flexibility index (Phi) is 3.63. The Morgan fingerprint density at radius 2 is 1.88 bits per heavy atom. The van der Waals surface area contributed by atoms with Crippen LogP contribution >= 0.6 is 0 Å². The summed E-state index contributed by atoms with van der Waals surface area (Å²) in [6, 6.07) is 6.10. The van der Waals surface area contributed by atoms with Crippen molar-refractivity contribution in [1.82, 2.24) is 5.32 Å². The van der Waals surface area contributed by atoms with Gasteiger partial charge in [0.1, 0.15) is 21.9 Å². The zero-order valence-electron chi connectivity index (χ0n) is 14.3. The Balaban J connectivity index is 2.27. The lowest BCUT2D eigenvalue weighted by Gasteiger charge is -2.55. The molecule has 132 valence electrons. The minimum absolute atomic E-state index is 0.0106. The van der Waals surface area contributed by atoms with Gasteiger partial charge in [0.25, 0.3) is 0 Å². The van der Waals surface area contributed by atoms with Crippen LogP contribution < -0.4 is 5.32 Å². The van der Waals surface area contributed by atoms with Crippen LogP contribution in [0.2, 0.25) is 0 Å². The first-order valence-corrected chi connectivity index (χ1v) is 9.48. The molecule has 2 heterocycles. The Morgan fingerprint density at radius 1 is 1.25 bits per heavy atom. The number of nitrogens with one attached hydrogen (secondary N) is 2. The van der Waals surface area contributed by atoms with Crippen molar-refractivity contribution in [2.24, 2.45) is 0 Å². The topological polar surface area (TPSA) is 79.2 Å². The normalized spacial score (nSPS) is 33.4. The fraction of sp³-hybridized carbons (Fsp3) is 0.588. The Morgan fingerprint density at radius 3 is 2.50 bits per heavy atom. The summed E-state index contributed by atoms with van der Waals surface area (Å²) in [6.07, 6.45) is 0.230. The average molecular weight is 354 g/mol. The number of benzene rings is 1. The summed E-state index contributed by atoms with van der Waals surface area (Å²) in [5.41, 5.74) is -1.69. The molecule has 1 aromatic rings. The highest BCUT2D eigenvalue weighted by Crippen LogP contribution is 2.47. The molecule has 0 aliphatic carbocycles. The third-order valence-corrected chi connectivity index (χ3v) is 8.25. The van der Waals surface area contributed by atoms with Crippen LogP contribution in [0, 0.1) is 11.2 Å². The van der Waals surface area contributed by atoms with Crippen molar-refractivity contribution in [3.05, 3.63) is 35.6 Å². The summed E-state index contributed by atoms with van der Waals surface area (Å²) in [4.78, 5) is 0. The number of rotatable bonds is 1. The first-order valence-electron chi connectivity index (χ1n) is 7.94. The van der Waals surface area contributed by atoms with Gasteiger partial charge in [0.2, 0.25) is 0 Å². The van der Waals surface area contributed by atoms with Crippen LogP contribution in [0.3, 0.4) is 0 Å². The van der Waals surface area contributed by atoms with Crippen molar-refractivity contribution in [3.63, 3.8) is 0 Å². The summed E-state index contributed by atoms with van der Waals surface area (Å²) in [5, 5.41) is 10.4. The summed E-state index contributed by atoms with van der Waals surface area (Å²) >= 11 is 0. The van der Waals surface area contributed by atoms with Gasteiger partial charge < -0.3 is 10.1 Å². The second-order valence-corrected chi connectivity index (χ2v) is 10.4. The predicted molar refractivity (Wildman–Crippen MR) is 90.4 cm³/mol. The second-order valence-electron chi connectivity index (χ2n) is 7.75. The van der Waals surface area contributed by atoms with Gasteiger partial charge in [-0.1, -0.05) is 18.2 Å². The molecule has 24 heavy (non-hydrogen) atoms. The van der Waals surface area contributed by atoms with Gasteiger partial charge >= 0.3 is 0 Å². The molecule has 0 amide bonds. The van der Waals surface area contributed by atoms with E-state index in [2.05, 4.69) is 5.32 Å². The van der Waals surface area contributed by atoms with Gasteiger partial charge in [-0.25, -0.2) is 12.8 Å². The molecule has 0 unspecified atom stereocenters. The smallest absolute Gasteiger partial charge is 0.168 e.